The maximum Gasteiger partial charge on any atom is 0.271 e. The lowest BCUT2D eigenvalue weighted by Gasteiger charge is -2.23. The molecule has 12 heteroatoms. The van der Waals surface area contributed by atoms with Gasteiger partial charge >= 0.3 is 0 Å². The number of amides is 3. The molecule has 0 spiro atoms. The minimum Gasteiger partial charge on any atom is -0.455 e. The van der Waals surface area contributed by atoms with Gasteiger partial charge in [0.1, 0.15) is 17.1 Å². The Balaban J connectivity index is 1.58. The van der Waals surface area contributed by atoms with Gasteiger partial charge < -0.3 is 30.2 Å². The normalized spacial score (nSPS) is 13.8. The molecular formula is C33H34FN7O4. The second kappa shape index (κ2) is 14.1. The van der Waals surface area contributed by atoms with Gasteiger partial charge in [-0.3, -0.25) is 14.4 Å². The van der Waals surface area contributed by atoms with Crippen LogP contribution in [0.5, 0.6) is 5.75 Å². The first-order valence-electron chi connectivity index (χ1n) is 14.0. The number of nitrogens with zero attached hydrogens (tertiary/aromatic N) is 4. The minimum absolute atomic E-state index is 0.0574. The summed E-state index contributed by atoms with van der Waals surface area (Å²) in [5.41, 5.74) is 2.98. The standard InChI is InChI=1S/C33H34FN7O4/c1-21(2)40(5)17-27(33(44)41(20-42)26-9-6-24(34)7-10-26)32(43)38-25-8-11-30(22(3)14-25)45-31-15-23(16-36-28(31)12-13-35)29-18-39(4)19-37-29/h6-21,35-36H,1-5H3,(H,38,43)/b27-17-,28-12-,35-13?. The summed E-state index contributed by atoms with van der Waals surface area (Å²) < 4.78 is 21.5. The molecule has 232 valence electrons. The van der Waals surface area contributed by atoms with Gasteiger partial charge in [0.25, 0.3) is 11.8 Å². The summed E-state index contributed by atoms with van der Waals surface area (Å²) in [5.74, 6) is -1.19. The van der Waals surface area contributed by atoms with E-state index < -0.39 is 17.6 Å². The van der Waals surface area contributed by atoms with Crippen molar-refractivity contribution in [1.82, 2.24) is 19.8 Å². The van der Waals surface area contributed by atoms with Crippen LogP contribution < -0.4 is 20.3 Å². The average Bonchev–Trinajstić information content (AvgIpc) is 3.45. The van der Waals surface area contributed by atoms with Crippen LogP contribution in [0.2, 0.25) is 0 Å². The highest BCUT2D eigenvalue weighted by atomic mass is 19.1. The van der Waals surface area contributed by atoms with E-state index in [-0.39, 0.29) is 23.7 Å². The van der Waals surface area contributed by atoms with Gasteiger partial charge in [-0.05, 0) is 81.0 Å². The summed E-state index contributed by atoms with van der Waals surface area (Å²) in [6.07, 6.45) is 11.5. The number of allylic oxidation sites excluding steroid dienone is 3. The smallest absolute Gasteiger partial charge is 0.271 e. The molecule has 1 aromatic heterocycles. The summed E-state index contributed by atoms with van der Waals surface area (Å²) in [7, 11) is 3.58. The third kappa shape index (κ3) is 7.79. The first kappa shape index (κ1) is 32.1. The molecule has 0 fully saturated rings. The lowest BCUT2D eigenvalue weighted by molar-refractivity contribution is -0.121. The van der Waals surface area contributed by atoms with Gasteiger partial charge in [0.05, 0.1) is 23.4 Å². The van der Waals surface area contributed by atoms with Crippen molar-refractivity contribution in [1.29, 1.82) is 5.41 Å². The molecule has 3 aromatic rings. The quantitative estimate of drug-likeness (QED) is 0.0945. The molecule has 0 unspecified atom stereocenters. The fourth-order valence-electron chi connectivity index (χ4n) is 4.17. The molecule has 0 bridgehead atoms. The summed E-state index contributed by atoms with van der Waals surface area (Å²) in [4.78, 5) is 45.7. The molecule has 3 N–H and O–H groups in total. The fraction of sp³-hybridized carbons (Fsp3) is 0.182. The van der Waals surface area contributed by atoms with Crippen molar-refractivity contribution in [3.05, 3.63) is 114 Å². The Bertz CT molecular complexity index is 1740. The van der Waals surface area contributed by atoms with E-state index in [1.54, 1.807) is 55.7 Å². The van der Waals surface area contributed by atoms with Crippen LogP contribution in [0.1, 0.15) is 25.1 Å². The zero-order valence-electron chi connectivity index (χ0n) is 25.5. The van der Waals surface area contributed by atoms with Crippen molar-refractivity contribution in [2.45, 2.75) is 26.8 Å². The predicted octanol–water partition coefficient (Wildman–Crippen LogP) is 4.66. The largest absolute Gasteiger partial charge is 0.455 e. The SMILES string of the molecule is Cc1cc(NC(=O)/C(=C/N(C)C(C)C)C(=O)N(C=O)c2ccc(F)cc2)ccc1OC1=CC(c2cn(C)cn2)=CN/C1=C\C=N. The third-order valence-corrected chi connectivity index (χ3v) is 6.89. The number of dihydropyridines is 1. The molecule has 2 aromatic carbocycles. The third-order valence-electron chi connectivity index (χ3n) is 6.89. The van der Waals surface area contributed by atoms with Gasteiger partial charge in [0, 0.05) is 56.2 Å². The molecule has 0 radical (unpaired) electrons. The Morgan fingerprint density at radius 2 is 1.91 bits per heavy atom. The molecule has 1 aliphatic heterocycles. The number of carbonyl (C=O) groups excluding carboxylic acids is 3. The molecule has 4 rings (SSSR count). The number of benzene rings is 2. The van der Waals surface area contributed by atoms with Gasteiger partial charge in [-0.2, -0.15) is 0 Å². The summed E-state index contributed by atoms with van der Waals surface area (Å²) >= 11 is 0. The van der Waals surface area contributed by atoms with Gasteiger partial charge in [-0.15, -0.1) is 0 Å². The number of imide groups is 1. The highest BCUT2D eigenvalue weighted by Gasteiger charge is 2.27. The van der Waals surface area contributed by atoms with Crippen molar-refractivity contribution in [2.24, 2.45) is 7.05 Å². The fourth-order valence-corrected chi connectivity index (χ4v) is 4.17. The first-order chi connectivity index (χ1) is 21.5. The number of halogens is 1. The van der Waals surface area contributed by atoms with E-state index in [9.17, 15) is 18.8 Å². The molecule has 2 heterocycles. The van der Waals surface area contributed by atoms with Crippen LogP contribution in [0.4, 0.5) is 15.8 Å². The number of nitrogens with one attached hydrogen (secondary N) is 3. The Kier molecular flexibility index (Phi) is 10.1. The number of hydrogen-bond donors (Lipinski definition) is 3. The number of anilines is 2. The van der Waals surface area contributed by atoms with Crippen molar-refractivity contribution in [3.8, 4) is 5.75 Å². The van der Waals surface area contributed by atoms with Crippen LogP contribution in [0.3, 0.4) is 0 Å². The first-order valence-corrected chi connectivity index (χ1v) is 14.0. The highest BCUT2D eigenvalue weighted by Crippen LogP contribution is 2.29. The Labute approximate surface area is 260 Å². The number of rotatable bonds is 11. The maximum atomic E-state index is 13.5. The summed E-state index contributed by atoms with van der Waals surface area (Å²) in [6.45, 7) is 5.56. The monoisotopic (exact) mass is 611 g/mol. The molecule has 0 aliphatic carbocycles. The molecule has 11 nitrogen and oxygen atoms in total. The second-order valence-corrected chi connectivity index (χ2v) is 10.5. The Hall–Kier alpha value is -5.78. The van der Waals surface area contributed by atoms with E-state index in [0.29, 0.717) is 28.5 Å². The highest BCUT2D eigenvalue weighted by molar-refractivity contribution is 6.30. The van der Waals surface area contributed by atoms with E-state index in [2.05, 4.69) is 15.6 Å². The average molecular weight is 612 g/mol. The number of aromatic nitrogens is 2. The van der Waals surface area contributed by atoms with Crippen LogP contribution >= 0.6 is 0 Å². The topological polar surface area (TPSA) is 133 Å². The number of hydrogen-bond acceptors (Lipinski definition) is 8. The Morgan fingerprint density at radius 1 is 1.18 bits per heavy atom. The molecule has 0 saturated heterocycles. The van der Waals surface area contributed by atoms with Crippen LogP contribution in [0.15, 0.2) is 96.6 Å². The van der Waals surface area contributed by atoms with E-state index in [1.165, 1.54) is 18.3 Å². The number of aryl methyl sites for hydroxylation is 2. The van der Waals surface area contributed by atoms with Crippen molar-refractivity contribution in [2.75, 3.05) is 17.3 Å². The molecule has 0 atom stereocenters. The maximum absolute atomic E-state index is 13.5. The van der Waals surface area contributed by atoms with Gasteiger partial charge in [0.2, 0.25) is 6.41 Å². The molecule has 0 saturated carbocycles. The summed E-state index contributed by atoms with van der Waals surface area (Å²) in [5, 5.41) is 13.4. The predicted molar refractivity (Wildman–Crippen MR) is 171 cm³/mol. The number of imidazole rings is 1. The Morgan fingerprint density at radius 3 is 2.51 bits per heavy atom. The zero-order chi connectivity index (χ0) is 32.7. The van der Waals surface area contributed by atoms with Crippen molar-refractivity contribution in [3.63, 3.8) is 0 Å². The van der Waals surface area contributed by atoms with Crippen LogP contribution in [0, 0.1) is 18.2 Å². The van der Waals surface area contributed by atoms with Gasteiger partial charge in [-0.1, -0.05) is 0 Å². The van der Waals surface area contributed by atoms with Crippen LogP contribution in [0.25, 0.3) is 5.57 Å². The van der Waals surface area contributed by atoms with Gasteiger partial charge in [0.15, 0.2) is 5.76 Å². The second-order valence-electron chi connectivity index (χ2n) is 10.5. The zero-order valence-corrected chi connectivity index (χ0v) is 25.5. The van der Waals surface area contributed by atoms with Crippen molar-refractivity contribution >= 4 is 41.4 Å². The molecule has 45 heavy (non-hydrogen) atoms. The number of carbonyl (C=O) groups is 3. The van der Waals surface area contributed by atoms with Crippen molar-refractivity contribution < 1.29 is 23.5 Å². The van der Waals surface area contributed by atoms with Gasteiger partial charge in [-0.25, -0.2) is 14.3 Å². The van der Waals surface area contributed by atoms with E-state index >= 15 is 0 Å². The van der Waals surface area contributed by atoms with E-state index in [1.807, 2.05) is 37.7 Å². The lowest BCUT2D eigenvalue weighted by Crippen LogP contribution is -2.36. The number of ether oxygens (including phenoxy) is 1. The van der Waals surface area contributed by atoms with E-state index in [4.69, 9.17) is 10.1 Å². The molecule has 1 aliphatic rings. The lowest BCUT2D eigenvalue weighted by atomic mass is 10.1. The van der Waals surface area contributed by atoms with Crippen LogP contribution in [-0.4, -0.2) is 52.0 Å². The minimum atomic E-state index is -0.878. The van der Waals surface area contributed by atoms with Crippen LogP contribution in [-0.2, 0) is 21.4 Å². The summed E-state index contributed by atoms with van der Waals surface area (Å²) in [6, 6.07) is 9.72. The molecule has 3 amide bonds. The van der Waals surface area contributed by atoms with E-state index in [0.717, 1.165) is 34.5 Å². The molecular weight excluding hydrogens is 577 g/mol.